The molecule has 0 spiro atoms. The molecule has 0 radical (unpaired) electrons. The number of hydrogen-bond donors (Lipinski definition) is 0. The van der Waals surface area contributed by atoms with E-state index in [2.05, 4.69) is 6.58 Å². The molecule has 0 atom stereocenters. The average Bonchev–Trinajstić information content (AvgIpc) is 2.08. The van der Waals surface area contributed by atoms with Crippen molar-refractivity contribution in [2.75, 3.05) is 14.1 Å². The Hall–Kier alpha value is -1.45. The van der Waals surface area contributed by atoms with Crippen molar-refractivity contribution in [3.8, 4) is 0 Å². The van der Waals surface area contributed by atoms with Crippen LogP contribution in [0.4, 0.5) is 0 Å². The maximum absolute atomic E-state index is 11.3. The molecule has 66 valence electrons. The van der Waals surface area contributed by atoms with Gasteiger partial charge in [-0.05, 0) is 12.8 Å². The molecular weight excluding hydrogens is 156 g/mol. The molecule has 4 heteroatoms. The molecule has 0 aromatic rings. The van der Waals surface area contributed by atoms with E-state index in [0.717, 1.165) is 0 Å². The van der Waals surface area contributed by atoms with Gasteiger partial charge < -0.3 is 10.0 Å². The molecule has 1 aliphatic rings. The molecule has 1 aliphatic heterocycles. The van der Waals surface area contributed by atoms with E-state index >= 15 is 0 Å². The highest BCUT2D eigenvalue weighted by Crippen LogP contribution is 2.19. The molecule has 4 nitrogen and oxygen atoms in total. The molecule has 12 heavy (non-hydrogen) atoms. The lowest BCUT2D eigenvalue weighted by molar-refractivity contribution is -0.331. The first-order valence-corrected chi connectivity index (χ1v) is 3.55. The third-order valence-electron chi connectivity index (χ3n) is 2.03. The number of hydrogen-bond acceptors (Lipinski definition) is 3. The summed E-state index contributed by atoms with van der Waals surface area (Å²) in [5.74, 6) is -0.137. The Labute approximate surface area is 71.4 Å². The van der Waals surface area contributed by atoms with E-state index in [-0.39, 0.29) is 17.4 Å². The minimum absolute atomic E-state index is 0.229. The van der Waals surface area contributed by atoms with Crippen LogP contribution >= 0.6 is 0 Å². The molecule has 0 saturated heterocycles. The van der Waals surface area contributed by atoms with Crippen LogP contribution < -0.4 is 5.11 Å². The van der Waals surface area contributed by atoms with Crippen molar-refractivity contribution in [3.05, 3.63) is 23.9 Å². The van der Waals surface area contributed by atoms with Gasteiger partial charge in [0.15, 0.2) is 0 Å². The van der Waals surface area contributed by atoms with Crippen LogP contribution in [0.25, 0.3) is 0 Å². The van der Waals surface area contributed by atoms with Crippen molar-refractivity contribution in [1.82, 2.24) is 9.80 Å². The normalized spacial score (nSPS) is 19.2. The Morgan fingerprint density at radius 2 is 1.83 bits per heavy atom. The summed E-state index contributed by atoms with van der Waals surface area (Å²) in [4.78, 5) is 14.0. The number of carbonyl (C=O) groups excluding carboxylic acids is 1. The topological polar surface area (TPSA) is 46.6 Å². The fourth-order valence-corrected chi connectivity index (χ4v) is 1.05. The molecular formula is C8H11N2O2-. The van der Waals surface area contributed by atoms with Crippen molar-refractivity contribution in [2.24, 2.45) is 0 Å². The van der Waals surface area contributed by atoms with E-state index in [1.54, 1.807) is 14.1 Å². The highest BCUT2D eigenvalue weighted by Gasteiger charge is 2.23. The van der Waals surface area contributed by atoms with Crippen molar-refractivity contribution < 1.29 is 9.90 Å². The van der Waals surface area contributed by atoms with Gasteiger partial charge in [-0.25, -0.2) is 0 Å². The van der Waals surface area contributed by atoms with Gasteiger partial charge in [0.05, 0.1) is 0 Å². The fraction of sp³-hybridized carbons (Fsp3) is 0.375. The molecule has 0 aromatic heterocycles. The zero-order chi connectivity index (χ0) is 9.46. The van der Waals surface area contributed by atoms with Gasteiger partial charge in [-0.3, -0.25) is 9.69 Å². The van der Waals surface area contributed by atoms with Crippen LogP contribution in [-0.2, 0) is 4.79 Å². The Kier molecular flexibility index (Phi) is 1.84. The maximum atomic E-state index is 11.3. The summed E-state index contributed by atoms with van der Waals surface area (Å²) in [7, 11) is 3.19. The van der Waals surface area contributed by atoms with Gasteiger partial charge >= 0.3 is 0 Å². The first-order valence-electron chi connectivity index (χ1n) is 3.55. The SMILES string of the molecule is C=C1N(C)C(=O)C(C)=C([O-])N1C. The van der Waals surface area contributed by atoms with Gasteiger partial charge in [-0.2, -0.15) is 0 Å². The maximum Gasteiger partial charge on any atom is 0.255 e. The lowest BCUT2D eigenvalue weighted by Crippen LogP contribution is -2.43. The van der Waals surface area contributed by atoms with Crippen LogP contribution in [0.15, 0.2) is 23.9 Å². The van der Waals surface area contributed by atoms with E-state index in [0.29, 0.717) is 5.82 Å². The first kappa shape index (κ1) is 8.64. The van der Waals surface area contributed by atoms with Crippen LogP contribution in [-0.4, -0.2) is 29.8 Å². The summed E-state index contributed by atoms with van der Waals surface area (Å²) in [6.07, 6.45) is 0. The highest BCUT2D eigenvalue weighted by molar-refractivity contribution is 5.95. The van der Waals surface area contributed by atoms with Crippen LogP contribution in [0.5, 0.6) is 0 Å². The minimum Gasteiger partial charge on any atom is -0.860 e. The second kappa shape index (κ2) is 2.55. The van der Waals surface area contributed by atoms with E-state index in [9.17, 15) is 9.90 Å². The zero-order valence-electron chi connectivity index (χ0n) is 7.42. The lowest BCUT2D eigenvalue weighted by Gasteiger charge is -2.39. The number of nitrogens with zero attached hydrogens (tertiary/aromatic N) is 2. The highest BCUT2D eigenvalue weighted by atomic mass is 16.3. The molecule has 0 N–H and O–H groups in total. The van der Waals surface area contributed by atoms with Gasteiger partial charge in [0.1, 0.15) is 5.82 Å². The Balaban J connectivity index is 3.17. The molecule has 0 aliphatic carbocycles. The van der Waals surface area contributed by atoms with E-state index in [4.69, 9.17) is 0 Å². The monoisotopic (exact) mass is 167 g/mol. The molecule has 1 rings (SSSR count). The largest absolute Gasteiger partial charge is 0.860 e. The molecule has 0 fully saturated rings. The van der Waals surface area contributed by atoms with Gasteiger partial charge in [0.2, 0.25) is 0 Å². The summed E-state index contributed by atoms with van der Waals surface area (Å²) in [5.41, 5.74) is 0.229. The molecule has 0 aromatic carbocycles. The Morgan fingerprint density at radius 1 is 1.33 bits per heavy atom. The second-order valence-electron chi connectivity index (χ2n) is 2.77. The average molecular weight is 167 g/mol. The second-order valence-corrected chi connectivity index (χ2v) is 2.77. The quantitative estimate of drug-likeness (QED) is 0.486. The third-order valence-corrected chi connectivity index (χ3v) is 2.03. The van der Waals surface area contributed by atoms with Gasteiger partial charge in [-0.15, -0.1) is 0 Å². The number of carbonyl (C=O) groups is 1. The number of rotatable bonds is 0. The van der Waals surface area contributed by atoms with E-state index in [1.165, 1.54) is 16.7 Å². The fourth-order valence-electron chi connectivity index (χ4n) is 1.05. The minimum atomic E-state index is -0.275. The van der Waals surface area contributed by atoms with Crippen molar-refractivity contribution >= 4 is 5.91 Å². The standard InChI is InChI=1S/C8H12N2O2/c1-5-7(11)9(3)6(2)10(4)8(5)12/h11H,2H2,1,3-4H3/p-1. The first-order chi connectivity index (χ1) is 5.46. The molecule has 1 heterocycles. The summed E-state index contributed by atoms with van der Waals surface area (Å²) in [6.45, 7) is 5.13. The summed E-state index contributed by atoms with van der Waals surface area (Å²) in [6, 6.07) is 0. The van der Waals surface area contributed by atoms with Crippen molar-refractivity contribution in [3.63, 3.8) is 0 Å². The number of likely N-dealkylation sites (N-methyl/N-ethyl adjacent to an activating group) is 1. The summed E-state index contributed by atoms with van der Waals surface area (Å²) < 4.78 is 0. The van der Waals surface area contributed by atoms with Gasteiger partial charge in [0.25, 0.3) is 5.91 Å². The van der Waals surface area contributed by atoms with Crippen LogP contribution in [0, 0.1) is 0 Å². The Morgan fingerprint density at radius 3 is 2.33 bits per heavy atom. The zero-order valence-corrected chi connectivity index (χ0v) is 7.42. The van der Waals surface area contributed by atoms with Crippen molar-refractivity contribution in [2.45, 2.75) is 6.92 Å². The van der Waals surface area contributed by atoms with Crippen LogP contribution in [0.1, 0.15) is 6.92 Å². The summed E-state index contributed by atoms with van der Waals surface area (Å²) >= 11 is 0. The van der Waals surface area contributed by atoms with Gasteiger partial charge in [-0.1, -0.05) is 6.58 Å². The smallest absolute Gasteiger partial charge is 0.255 e. The molecule has 1 amide bonds. The van der Waals surface area contributed by atoms with E-state index < -0.39 is 0 Å². The van der Waals surface area contributed by atoms with Gasteiger partial charge in [0, 0.05) is 19.7 Å². The van der Waals surface area contributed by atoms with Crippen molar-refractivity contribution in [1.29, 1.82) is 0 Å². The Bertz CT molecular complexity index is 281. The van der Waals surface area contributed by atoms with E-state index in [1.807, 2.05) is 0 Å². The lowest BCUT2D eigenvalue weighted by atomic mass is 10.2. The molecule has 0 unspecified atom stereocenters. The predicted molar refractivity (Wildman–Crippen MR) is 42.4 cm³/mol. The number of amides is 1. The third kappa shape index (κ3) is 0.958. The molecule has 0 bridgehead atoms. The van der Waals surface area contributed by atoms with Crippen LogP contribution in [0.3, 0.4) is 0 Å². The summed E-state index contributed by atoms with van der Waals surface area (Å²) in [5, 5.41) is 11.3. The molecule has 0 saturated carbocycles. The van der Waals surface area contributed by atoms with Crippen LogP contribution in [0.2, 0.25) is 0 Å². The predicted octanol–water partition coefficient (Wildman–Crippen LogP) is -0.547.